The number of aromatic nitrogens is 1. The quantitative estimate of drug-likeness (QED) is 0.642. The van der Waals surface area contributed by atoms with Crippen LogP contribution in [-0.4, -0.2) is 65.4 Å². The van der Waals surface area contributed by atoms with Gasteiger partial charge >= 0.3 is 0 Å². The highest BCUT2D eigenvalue weighted by Crippen LogP contribution is 2.34. The molecule has 1 spiro atoms. The highest BCUT2D eigenvalue weighted by Gasteiger charge is 2.48. The van der Waals surface area contributed by atoms with Crippen molar-refractivity contribution in [2.24, 2.45) is 0 Å². The van der Waals surface area contributed by atoms with Gasteiger partial charge in [0.1, 0.15) is 5.82 Å². The van der Waals surface area contributed by atoms with E-state index in [1.807, 2.05) is 47.2 Å². The molecule has 3 aromatic rings. The van der Waals surface area contributed by atoms with Gasteiger partial charge in [0, 0.05) is 42.5 Å². The van der Waals surface area contributed by atoms with Crippen LogP contribution < -0.4 is 4.90 Å². The third-order valence-electron chi connectivity index (χ3n) is 6.52. The van der Waals surface area contributed by atoms with Gasteiger partial charge in [-0.05, 0) is 55.9 Å². The summed E-state index contributed by atoms with van der Waals surface area (Å²) in [7, 11) is 1.93. The minimum Gasteiger partial charge on any atom is -0.337 e. The van der Waals surface area contributed by atoms with Gasteiger partial charge in [0.15, 0.2) is 0 Å². The van der Waals surface area contributed by atoms with E-state index in [0.29, 0.717) is 30.9 Å². The monoisotopic (exact) mass is 418 g/mol. The van der Waals surface area contributed by atoms with Gasteiger partial charge in [-0.25, -0.2) is 4.39 Å². The van der Waals surface area contributed by atoms with Crippen LogP contribution in [0.25, 0.3) is 10.9 Å². The Hall–Kier alpha value is -3.32. The van der Waals surface area contributed by atoms with Crippen LogP contribution in [0.15, 0.2) is 60.8 Å². The minimum atomic E-state index is -0.368. The van der Waals surface area contributed by atoms with Gasteiger partial charge in [-0.15, -0.1) is 0 Å². The molecule has 2 fully saturated rings. The second kappa shape index (κ2) is 7.42. The van der Waals surface area contributed by atoms with Crippen molar-refractivity contribution in [2.45, 2.75) is 12.0 Å². The summed E-state index contributed by atoms with van der Waals surface area (Å²) in [6, 6.07) is 15.5. The number of likely N-dealkylation sites (N-methyl/N-ethyl adjacent to an activating group) is 1. The lowest BCUT2D eigenvalue weighted by Crippen LogP contribution is -2.64. The standard InChI is InChI=1S/C24H23FN4O2/c1-27-14-22(30)29(20-6-2-5-19(25)13-20)16-24(27)9-11-28(15-24)23(31)18-7-8-21-17(12-18)4-3-10-26-21/h2-8,10,12-13H,9,11,14-16H2,1H3/t24-/m1/s1. The maximum atomic E-state index is 13.8. The van der Waals surface area contributed by atoms with E-state index in [2.05, 4.69) is 4.98 Å². The third kappa shape index (κ3) is 3.45. The van der Waals surface area contributed by atoms with E-state index >= 15 is 0 Å². The Balaban J connectivity index is 1.39. The number of pyridine rings is 1. The van der Waals surface area contributed by atoms with E-state index in [4.69, 9.17) is 0 Å². The fourth-order valence-corrected chi connectivity index (χ4v) is 4.70. The third-order valence-corrected chi connectivity index (χ3v) is 6.52. The number of hydrogen-bond acceptors (Lipinski definition) is 4. The van der Waals surface area contributed by atoms with Crippen LogP contribution in [0.2, 0.25) is 0 Å². The van der Waals surface area contributed by atoms with Crippen molar-refractivity contribution in [3.8, 4) is 0 Å². The summed E-state index contributed by atoms with van der Waals surface area (Å²) in [5, 5.41) is 0.930. The van der Waals surface area contributed by atoms with Crippen molar-refractivity contribution in [1.82, 2.24) is 14.8 Å². The molecule has 2 saturated heterocycles. The van der Waals surface area contributed by atoms with Crippen LogP contribution >= 0.6 is 0 Å². The maximum absolute atomic E-state index is 13.8. The number of likely N-dealkylation sites (tertiary alicyclic amines) is 1. The van der Waals surface area contributed by atoms with E-state index in [1.54, 1.807) is 23.2 Å². The van der Waals surface area contributed by atoms with E-state index < -0.39 is 0 Å². The predicted octanol–water partition coefficient (Wildman–Crippen LogP) is 2.94. The van der Waals surface area contributed by atoms with Gasteiger partial charge in [-0.2, -0.15) is 0 Å². The largest absolute Gasteiger partial charge is 0.337 e. The van der Waals surface area contributed by atoms with E-state index in [0.717, 1.165) is 17.3 Å². The van der Waals surface area contributed by atoms with Gasteiger partial charge < -0.3 is 9.80 Å². The molecular weight excluding hydrogens is 395 g/mol. The number of benzene rings is 2. The van der Waals surface area contributed by atoms with Crippen LogP contribution in [0.3, 0.4) is 0 Å². The second-order valence-corrected chi connectivity index (χ2v) is 8.43. The van der Waals surface area contributed by atoms with Crippen LogP contribution in [-0.2, 0) is 4.79 Å². The number of rotatable bonds is 2. The SMILES string of the molecule is CN1CC(=O)N(c2cccc(F)c2)C[C@]12CCN(C(=O)c1ccc3ncccc3c1)C2. The number of amides is 2. The molecule has 5 rings (SSSR count). The Labute approximate surface area is 179 Å². The molecule has 0 radical (unpaired) electrons. The summed E-state index contributed by atoms with van der Waals surface area (Å²) >= 11 is 0. The second-order valence-electron chi connectivity index (χ2n) is 8.43. The van der Waals surface area contributed by atoms with Crippen LogP contribution in [0.4, 0.5) is 10.1 Å². The number of carbonyl (C=O) groups is 2. The first-order valence-corrected chi connectivity index (χ1v) is 10.4. The van der Waals surface area contributed by atoms with Gasteiger partial charge in [0.2, 0.25) is 5.91 Å². The Bertz CT molecular complexity index is 1180. The number of carbonyl (C=O) groups excluding carboxylic acids is 2. The van der Waals surface area contributed by atoms with Gasteiger partial charge in [0.25, 0.3) is 5.91 Å². The molecule has 2 aromatic carbocycles. The highest BCUT2D eigenvalue weighted by molar-refractivity contribution is 5.99. The summed E-state index contributed by atoms with van der Waals surface area (Å²) in [5.74, 6) is -0.455. The van der Waals surface area contributed by atoms with Crippen molar-refractivity contribution < 1.29 is 14.0 Å². The number of halogens is 1. The molecule has 1 aromatic heterocycles. The lowest BCUT2D eigenvalue weighted by Gasteiger charge is -2.46. The van der Waals surface area contributed by atoms with E-state index in [1.165, 1.54) is 12.1 Å². The molecule has 0 N–H and O–H groups in total. The molecule has 31 heavy (non-hydrogen) atoms. The molecule has 7 heteroatoms. The number of hydrogen-bond donors (Lipinski definition) is 0. The van der Waals surface area contributed by atoms with Crippen molar-refractivity contribution in [1.29, 1.82) is 0 Å². The number of nitrogens with zero attached hydrogens (tertiary/aromatic N) is 4. The Morgan fingerprint density at radius 2 is 1.97 bits per heavy atom. The molecule has 0 bridgehead atoms. The smallest absolute Gasteiger partial charge is 0.253 e. The normalized spacial score (nSPS) is 21.9. The topological polar surface area (TPSA) is 56.8 Å². The summed E-state index contributed by atoms with van der Waals surface area (Å²) in [6.07, 6.45) is 2.49. The lowest BCUT2D eigenvalue weighted by molar-refractivity contribution is -0.123. The molecule has 0 saturated carbocycles. The maximum Gasteiger partial charge on any atom is 0.253 e. The molecule has 0 aliphatic carbocycles. The number of piperazine rings is 1. The average Bonchev–Trinajstić information content (AvgIpc) is 3.21. The average molecular weight is 418 g/mol. The molecule has 158 valence electrons. The van der Waals surface area contributed by atoms with E-state index in [-0.39, 0.29) is 29.7 Å². The zero-order valence-corrected chi connectivity index (χ0v) is 17.3. The van der Waals surface area contributed by atoms with Crippen molar-refractivity contribution >= 4 is 28.4 Å². The first-order chi connectivity index (χ1) is 14.9. The van der Waals surface area contributed by atoms with Crippen LogP contribution in [0, 0.1) is 5.82 Å². The molecule has 2 amide bonds. The first-order valence-electron chi connectivity index (χ1n) is 10.4. The van der Waals surface area contributed by atoms with Gasteiger partial charge in [-0.1, -0.05) is 12.1 Å². The van der Waals surface area contributed by atoms with E-state index in [9.17, 15) is 14.0 Å². The van der Waals surface area contributed by atoms with Crippen molar-refractivity contribution in [3.63, 3.8) is 0 Å². The molecule has 1 atom stereocenters. The molecule has 2 aliphatic heterocycles. The summed E-state index contributed by atoms with van der Waals surface area (Å²) in [5.41, 5.74) is 1.69. The van der Waals surface area contributed by atoms with Crippen molar-refractivity contribution in [3.05, 3.63) is 72.2 Å². The molecule has 6 nitrogen and oxygen atoms in total. The van der Waals surface area contributed by atoms with Crippen molar-refractivity contribution in [2.75, 3.05) is 38.1 Å². The molecule has 2 aliphatic rings. The Morgan fingerprint density at radius 1 is 1.10 bits per heavy atom. The molecule has 0 unspecified atom stereocenters. The van der Waals surface area contributed by atoms with Gasteiger partial charge in [0.05, 0.1) is 17.6 Å². The molecule has 3 heterocycles. The zero-order chi connectivity index (χ0) is 21.6. The summed E-state index contributed by atoms with van der Waals surface area (Å²) in [4.78, 5) is 35.8. The number of anilines is 1. The Kier molecular flexibility index (Phi) is 4.70. The van der Waals surface area contributed by atoms with Crippen LogP contribution in [0.1, 0.15) is 16.8 Å². The lowest BCUT2D eigenvalue weighted by atomic mass is 9.92. The zero-order valence-electron chi connectivity index (χ0n) is 17.3. The fourth-order valence-electron chi connectivity index (χ4n) is 4.70. The summed E-state index contributed by atoms with van der Waals surface area (Å²) in [6.45, 7) is 1.79. The predicted molar refractivity (Wildman–Crippen MR) is 116 cm³/mol. The first kappa shape index (κ1) is 19.6. The minimum absolute atomic E-state index is 0.0229. The van der Waals surface area contributed by atoms with Crippen LogP contribution in [0.5, 0.6) is 0 Å². The number of fused-ring (bicyclic) bond motifs is 1. The highest BCUT2D eigenvalue weighted by atomic mass is 19.1. The fraction of sp³-hybridized carbons (Fsp3) is 0.292. The Morgan fingerprint density at radius 3 is 2.81 bits per heavy atom. The summed E-state index contributed by atoms with van der Waals surface area (Å²) < 4.78 is 13.8. The van der Waals surface area contributed by atoms with Gasteiger partial charge in [-0.3, -0.25) is 19.5 Å². The molecular formula is C24H23FN4O2.